The second kappa shape index (κ2) is 4.39. The van der Waals surface area contributed by atoms with Crippen molar-refractivity contribution in [2.24, 2.45) is 5.41 Å². The third kappa shape index (κ3) is 6.08. The summed E-state index contributed by atoms with van der Waals surface area (Å²) in [7, 11) is 0. The largest absolute Gasteiger partial charge is 0.299 e. The molecule has 0 aromatic rings. The molecule has 70 valence electrons. The van der Waals surface area contributed by atoms with Gasteiger partial charge in [0.1, 0.15) is 11.6 Å². The molecule has 0 saturated heterocycles. The van der Waals surface area contributed by atoms with Gasteiger partial charge in [0.2, 0.25) is 0 Å². The van der Waals surface area contributed by atoms with Gasteiger partial charge in [-0.3, -0.25) is 9.59 Å². The summed E-state index contributed by atoms with van der Waals surface area (Å²) in [4.78, 5) is 22.1. The topological polar surface area (TPSA) is 34.1 Å². The van der Waals surface area contributed by atoms with Gasteiger partial charge in [-0.05, 0) is 5.41 Å². The minimum absolute atomic E-state index is 0.00506. The first kappa shape index (κ1) is 11.3. The Kier molecular flexibility index (Phi) is 4.15. The zero-order valence-electron chi connectivity index (χ0n) is 8.44. The number of ketones is 2. The molecule has 0 fully saturated rings. The van der Waals surface area contributed by atoms with Crippen molar-refractivity contribution in [1.29, 1.82) is 0 Å². The van der Waals surface area contributed by atoms with E-state index in [0.717, 1.165) is 0 Å². The van der Waals surface area contributed by atoms with Crippen LogP contribution < -0.4 is 0 Å². The molecule has 0 amide bonds. The van der Waals surface area contributed by atoms with Crippen LogP contribution in [0.15, 0.2) is 0 Å². The second-order valence-electron chi connectivity index (χ2n) is 4.35. The third-order valence-electron chi connectivity index (χ3n) is 1.52. The molecular formula is C10H18O2. The van der Waals surface area contributed by atoms with Gasteiger partial charge in [0.05, 0.1) is 6.42 Å². The maximum Gasteiger partial charge on any atom is 0.140 e. The first-order chi connectivity index (χ1) is 5.35. The quantitative estimate of drug-likeness (QED) is 0.607. The van der Waals surface area contributed by atoms with Gasteiger partial charge in [0, 0.05) is 12.8 Å². The van der Waals surface area contributed by atoms with Crippen molar-refractivity contribution in [3.05, 3.63) is 0 Å². The molecule has 0 bridgehead atoms. The minimum atomic E-state index is 0.00506. The lowest BCUT2D eigenvalue weighted by atomic mass is 9.88. The number of hydrogen-bond acceptors (Lipinski definition) is 2. The molecule has 0 spiro atoms. The van der Waals surface area contributed by atoms with Crippen LogP contribution in [0.5, 0.6) is 0 Å². The number of carbonyl (C=O) groups excluding carboxylic acids is 2. The Morgan fingerprint density at radius 1 is 1.08 bits per heavy atom. The van der Waals surface area contributed by atoms with Crippen LogP contribution in [0, 0.1) is 5.41 Å². The van der Waals surface area contributed by atoms with E-state index in [2.05, 4.69) is 0 Å². The van der Waals surface area contributed by atoms with Gasteiger partial charge in [0.25, 0.3) is 0 Å². The first-order valence-electron chi connectivity index (χ1n) is 4.38. The Morgan fingerprint density at radius 3 is 1.92 bits per heavy atom. The monoisotopic (exact) mass is 170 g/mol. The fourth-order valence-electron chi connectivity index (χ4n) is 0.999. The normalized spacial score (nSPS) is 11.3. The molecule has 0 rings (SSSR count). The number of Topliss-reactive ketones (excluding diaryl/α,β-unsaturated/α-hetero) is 2. The highest BCUT2D eigenvalue weighted by Gasteiger charge is 2.17. The molecule has 0 saturated carbocycles. The summed E-state index contributed by atoms with van der Waals surface area (Å²) >= 11 is 0. The number of carbonyl (C=O) groups is 2. The predicted octanol–water partition coefficient (Wildman–Crippen LogP) is 2.36. The molecule has 0 aromatic carbocycles. The van der Waals surface area contributed by atoms with E-state index in [1.165, 1.54) is 0 Å². The van der Waals surface area contributed by atoms with Gasteiger partial charge < -0.3 is 0 Å². The van der Waals surface area contributed by atoms with E-state index in [9.17, 15) is 9.59 Å². The Labute approximate surface area is 74.3 Å². The summed E-state index contributed by atoms with van der Waals surface area (Å²) in [6, 6.07) is 0. The predicted molar refractivity (Wildman–Crippen MR) is 49.0 cm³/mol. The summed E-state index contributed by atoms with van der Waals surface area (Å²) in [5.41, 5.74) is 0.00506. The summed E-state index contributed by atoms with van der Waals surface area (Å²) in [6.45, 7) is 7.79. The van der Waals surface area contributed by atoms with Crippen LogP contribution in [0.4, 0.5) is 0 Å². The summed E-state index contributed by atoms with van der Waals surface area (Å²) in [5.74, 6) is 0.110. The molecule has 0 aliphatic heterocycles. The van der Waals surface area contributed by atoms with E-state index in [4.69, 9.17) is 0 Å². The minimum Gasteiger partial charge on any atom is -0.299 e. The Balaban J connectivity index is 3.83. The van der Waals surface area contributed by atoms with Crippen molar-refractivity contribution in [2.75, 3.05) is 0 Å². The van der Waals surface area contributed by atoms with Crippen molar-refractivity contribution in [2.45, 2.75) is 47.0 Å². The number of rotatable bonds is 4. The molecule has 12 heavy (non-hydrogen) atoms. The van der Waals surface area contributed by atoms with Crippen LogP contribution in [0.25, 0.3) is 0 Å². The first-order valence-corrected chi connectivity index (χ1v) is 4.38. The second-order valence-corrected chi connectivity index (χ2v) is 4.35. The lowest BCUT2D eigenvalue weighted by Gasteiger charge is -2.16. The van der Waals surface area contributed by atoms with Gasteiger partial charge in [-0.25, -0.2) is 0 Å². The van der Waals surface area contributed by atoms with Gasteiger partial charge in [-0.2, -0.15) is 0 Å². The zero-order chi connectivity index (χ0) is 9.78. The van der Waals surface area contributed by atoms with E-state index < -0.39 is 0 Å². The summed E-state index contributed by atoms with van der Waals surface area (Å²) in [6.07, 6.45) is 1.09. The van der Waals surface area contributed by atoms with Crippen LogP contribution in [0.1, 0.15) is 47.0 Å². The van der Waals surface area contributed by atoms with Gasteiger partial charge in [-0.15, -0.1) is 0 Å². The summed E-state index contributed by atoms with van der Waals surface area (Å²) in [5, 5.41) is 0. The van der Waals surface area contributed by atoms with E-state index in [-0.39, 0.29) is 23.4 Å². The molecular weight excluding hydrogens is 152 g/mol. The van der Waals surface area contributed by atoms with Crippen LogP contribution in [-0.4, -0.2) is 11.6 Å². The van der Waals surface area contributed by atoms with Crippen molar-refractivity contribution < 1.29 is 9.59 Å². The molecule has 0 atom stereocenters. The smallest absolute Gasteiger partial charge is 0.140 e. The Hall–Kier alpha value is -0.660. The molecule has 0 radical (unpaired) electrons. The maximum atomic E-state index is 11.2. The fraction of sp³-hybridized carbons (Fsp3) is 0.800. The highest BCUT2D eigenvalue weighted by Crippen LogP contribution is 2.19. The highest BCUT2D eigenvalue weighted by atomic mass is 16.1. The summed E-state index contributed by atoms with van der Waals surface area (Å²) < 4.78 is 0. The van der Waals surface area contributed by atoms with Gasteiger partial charge in [0.15, 0.2) is 0 Å². The van der Waals surface area contributed by atoms with Gasteiger partial charge in [-0.1, -0.05) is 27.7 Å². The van der Waals surface area contributed by atoms with E-state index in [0.29, 0.717) is 12.8 Å². The van der Waals surface area contributed by atoms with Crippen LogP contribution >= 0.6 is 0 Å². The lowest BCUT2D eigenvalue weighted by molar-refractivity contribution is -0.127. The van der Waals surface area contributed by atoms with E-state index >= 15 is 0 Å². The van der Waals surface area contributed by atoms with E-state index in [1.54, 1.807) is 6.92 Å². The fourth-order valence-corrected chi connectivity index (χ4v) is 0.999. The zero-order valence-corrected chi connectivity index (χ0v) is 8.44. The maximum absolute atomic E-state index is 11.2. The van der Waals surface area contributed by atoms with Crippen LogP contribution in [-0.2, 0) is 9.59 Å². The third-order valence-corrected chi connectivity index (χ3v) is 1.52. The molecule has 0 aromatic heterocycles. The van der Waals surface area contributed by atoms with Crippen molar-refractivity contribution in [3.8, 4) is 0 Å². The van der Waals surface area contributed by atoms with Crippen molar-refractivity contribution >= 4 is 11.6 Å². The molecule has 0 N–H and O–H groups in total. The standard InChI is InChI=1S/C10H18O2/c1-5-8(11)6-9(12)7-10(2,3)4/h5-7H2,1-4H3. The lowest BCUT2D eigenvalue weighted by Crippen LogP contribution is -2.15. The number of hydrogen-bond donors (Lipinski definition) is 0. The Bertz CT molecular complexity index is 175. The highest BCUT2D eigenvalue weighted by molar-refractivity contribution is 5.99. The molecule has 0 heterocycles. The van der Waals surface area contributed by atoms with Crippen molar-refractivity contribution in [1.82, 2.24) is 0 Å². The molecule has 0 unspecified atom stereocenters. The average Bonchev–Trinajstić information content (AvgIpc) is 1.82. The van der Waals surface area contributed by atoms with Gasteiger partial charge >= 0.3 is 0 Å². The molecule has 0 aliphatic carbocycles. The molecule has 2 nitrogen and oxygen atoms in total. The van der Waals surface area contributed by atoms with E-state index in [1.807, 2.05) is 20.8 Å². The Morgan fingerprint density at radius 2 is 1.58 bits per heavy atom. The average molecular weight is 170 g/mol. The van der Waals surface area contributed by atoms with Crippen LogP contribution in [0.2, 0.25) is 0 Å². The molecule has 2 heteroatoms. The SMILES string of the molecule is CCC(=O)CC(=O)CC(C)(C)C. The molecule has 0 aliphatic rings. The van der Waals surface area contributed by atoms with Crippen LogP contribution in [0.3, 0.4) is 0 Å². The van der Waals surface area contributed by atoms with Crippen molar-refractivity contribution in [3.63, 3.8) is 0 Å².